The Morgan fingerprint density at radius 2 is 1.80 bits per heavy atom. The highest BCUT2D eigenvalue weighted by Crippen LogP contribution is 2.44. The zero-order valence-electron chi connectivity index (χ0n) is 24.7. The number of carboxylic acids is 1. The molecular weight excluding hydrogens is 569 g/mol. The topological polar surface area (TPSA) is 81.7 Å². The van der Waals surface area contributed by atoms with Crippen LogP contribution in [-0.2, 0) is 6.18 Å². The summed E-state index contributed by atoms with van der Waals surface area (Å²) >= 11 is 0. The number of nitrogens with one attached hydrogen (secondary N) is 1. The average Bonchev–Trinajstić information content (AvgIpc) is 3.46. The molecule has 230 valence electrons. The summed E-state index contributed by atoms with van der Waals surface area (Å²) < 4.78 is 45.6. The molecule has 0 unspecified atom stereocenters. The molecule has 2 aromatic carbocycles. The van der Waals surface area contributed by atoms with Crippen LogP contribution < -0.4 is 9.64 Å². The second kappa shape index (κ2) is 11.6. The number of benzene rings is 2. The fourth-order valence-electron chi connectivity index (χ4n) is 6.18. The van der Waals surface area contributed by atoms with Crippen molar-refractivity contribution in [3.8, 4) is 11.5 Å². The summed E-state index contributed by atoms with van der Waals surface area (Å²) in [6.45, 7) is 8.32. The van der Waals surface area contributed by atoms with Crippen molar-refractivity contribution in [1.29, 1.82) is 0 Å². The molecule has 7 nitrogen and oxygen atoms in total. The lowest BCUT2D eigenvalue weighted by Crippen LogP contribution is -2.47. The third-order valence-corrected chi connectivity index (χ3v) is 8.70. The minimum absolute atomic E-state index is 0.0736. The molecule has 0 amide bonds. The van der Waals surface area contributed by atoms with Crippen LogP contribution >= 0.6 is 0 Å². The molecule has 0 saturated carbocycles. The van der Waals surface area contributed by atoms with Crippen LogP contribution in [0.1, 0.15) is 54.6 Å². The molecule has 1 fully saturated rings. The number of halogens is 3. The van der Waals surface area contributed by atoms with Crippen molar-refractivity contribution in [2.75, 3.05) is 37.6 Å². The van der Waals surface area contributed by atoms with Crippen LogP contribution in [0.25, 0.3) is 16.6 Å². The second-order valence-electron chi connectivity index (χ2n) is 12.4. The minimum atomic E-state index is -4.35. The van der Waals surface area contributed by atoms with Crippen LogP contribution in [0.2, 0.25) is 0 Å². The molecule has 2 N–H and O–H groups in total. The van der Waals surface area contributed by atoms with E-state index in [9.17, 15) is 23.1 Å². The van der Waals surface area contributed by atoms with Crippen molar-refractivity contribution < 1.29 is 27.8 Å². The summed E-state index contributed by atoms with van der Waals surface area (Å²) in [6.07, 6.45) is 1.79. The lowest BCUT2D eigenvalue weighted by molar-refractivity contribution is -0.137. The summed E-state index contributed by atoms with van der Waals surface area (Å²) in [5.41, 5.74) is 4.47. The Bertz CT molecular complexity index is 1700. The van der Waals surface area contributed by atoms with Gasteiger partial charge < -0.3 is 19.7 Å². The van der Waals surface area contributed by atoms with E-state index in [-0.39, 0.29) is 16.7 Å². The van der Waals surface area contributed by atoms with E-state index >= 15 is 0 Å². The number of piperazine rings is 1. The molecule has 6 rings (SSSR count). The minimum Gasteiger partial charge on any atom is -0.478 e. The first-order valence-electron chi connectivity index (χ1n) is 14.8. The molecule has 44 heavy (non-hydrogen) atoms. The number of hydrogen-bond donors (Lipinski definition) is 2. The Kier molecular flexibility index (Phi) is 7.88. The number of alkyl halides is 3. The van der Waals surface area contributed by atoms with Gasteiger partial charge >= 0.3 is 12.1 Å². The van der Waals surface area contributed by atoms with Gasteiger partial charge in [0.2, 0.25) is 0 Å². The first-order chi connectivity index (χ1) is 20.9. The second-order valence-corrected chi connectivity index (χ2v) is 12.4. The van der Waals surface area contributed by atoms with Crippen LogP contribution in [0, 0.1) is 5.41 Å². The smallest absolute Gasteiger partial charge is 0.416 e. The predicted octanol–water partition coefficient (Wildman–Crippen LogP) is 7.86. The lowest BCUT2D eigenvalue weighted by Gasteiger charge is -2.39. The number of allylic oxidation sites excluding steroid dienone is 1. The van der Waals surface area contributed by atoms with Crippen molar-refractivity contribution in [2.45, 2.75) is 39.3 Å². The molecule has 3 heterocycles. The number of H-pyrrole nitrogens is 1. The first kappa shape index (κ1) is 29.7. The van der Waals surface area contributed by atoms with Crippen LogP contribution in [0.15, 0.2) is 72.6 Å². The molecule has 1 aliphatic heterocycles. The Labute approximate surface area is 254 Å². The van der Waals surface area contributed by atoms with Gasteiger partial charge in [-0.2, -0.15) is 13.2 Å². The molecule has 1 saturated heterocycles. The van der Waals surface area contributed by atoms with Gasteiger partial charge in [0.15, 0.2) is 0 Å². The van der Waals surface area contributed by atoms with E-state index in [2.05, 4.69) is 33.6 Å². The van der Waals surface area contributed by atoms with Crippen molar-refractivity contribution in [2.24, 2.45) is 5.41 Å². The highest BCUT2D eigenvalue weighted by Gasteiger charge is 2.32. The van der Waals surface area contributed by atoms with Gasteiger partial charge in [-0.25, -0.2) is 9.78 Å². The highest BCUT2D eigenvalue weighted by molar-refractivity contribution is 5.92. The summed E-state index contributed by atoms with van der Waals surface area (Å²) in [4.78, 5) is 23.9. The maximum atomic E-state index is 13.2. The van der Waals surface area contributed by atoms with Crippen molar-refractivity contribution in [3.63, 3.8) is 0 Å². The molecule has 0 radical (unpaired) electrons. The van der Waals surface area contributed by atoms with Gasteiger partial charge in [-0.15, -0.1) is 0 Å². The summed E-state index contributed by atoms with van der Waals surface area (Å²) in [7, 11) is 0. The van der Waals surface area contributed by atoms with E-state index in [0.29, 0.717) is 5.75 Å². The SMILES string of the molecule is CC1(C)CCC(CN2CCN(c3ccc(C(=O)O)c(Oc4cnc5[nH]ccc5c4)c3)CC2)=C(c2ccc(C(F)(F)F)cc2)C1. The van der Waals surface area contributed by atoms with Crippen LogP contribution in [0.5, 0.6) is 11.5 Å². The molecule has 2 aromatic heterocycles. The van der Waals surface area contributed by atoms with Crippen LogP contribution in [0.4, 0.5) is 18.9 Å². The number of rotatable bonds is 7. The number of hydrogen-bond acceptors (Lipinski definition) is 5. The van der Waals surface area contributed by atoms with Gasteiger partial charge in [0.1, 0.15) is 22.7 Å². The normalized spacial score (nSPS) is 17.7. The third kappa shape index (κ3) is 6.45. The molecular formula is C34H35F3N4O3. The number of aromatic carboxylic acids is 1. The van der Waals surface area contributed by atoms with E-state index < -0.39 is 17.7 Å². The molecule has 2 aliphatic rings. The number of nitrogens with zero attached hydrogens (tertiary/aromatic N) is 3. The predicted molar refractivity (Wildman–Crippen MR) is 164 cm³/mol. The van der Waals surface area contributed by atoms with Gasteiger partial charge in [-0.1, -0.05) is 31.6 Å². The zero-order chi connectivity index (χ0) is 31.1. The van der Waals surface area contributed by atoms with Crippen LogP contribution in [0.3, 0.4) is 0 Å². The van der Waals surface area contributed by atoms with Crippen LogP contribution in [-0.4, -0.2) is 58.7 Å². The number of aromatic amines is 1. The van der Waals surface area contributed by atoms with Crippen molar-refractivity contribution in [3.05, 3.63) is 89.3 Å². The number of anilines is 1. The van der Waals surface area contributed by atoms with Gasteiger partial charge in [-0.05, 0) is 72.2 Å². The molecule has 0 bridgehead atoms. The summed E-state index contributed by atoms with van der Waals surface area (Å²) in [5, 5.41) is 10.6. The maximum Gasteiger partial charge on any atom is 0.416 e. The number of ether oxygens (including phenoxy) is 1. The fraction of sp³-hybridized carbons (Fsp3) is 0.353. The first-order valence-corrected chi connectivity index (χ1v) is 14.8. The lowest BCUT2D eigenvalue weighted by atomic mass is 9.72. The summed E-state index contributed by atoms with van der Waals surface area (Å²) in [5.74, 6) is -0.362. The molecule has 1 aliphatic carbocycles. The van der Waals surface area contributed by atoms with Crippen molar-refractivity contribution >= 4 is 28.3 Å². The third-order valence-electron chi connectivity index (χ3n) is 8.70. The van der Waals surface area contributed by atoms with E-state index in [1.165, 1.54) is 17.7 Å². The number of fused-ring (bicyclic) bond motifs is 1. The molecule has 4 aromatic rings. The number of carboxylic acid groups (broad SMARTS) is 1. The quantitative estimate of drug-likeness (QED) is 0.224. The standard InChI is InChI=1S/C34H35F3N4O3/c1-33(2)11-9-24(29(19-33)22-3-5-25(6-4-22)34(35,36)37)21-40-13-15-41(16-14-40)26-7-8-28(32(42)43)30(18-26)44-27-17-23-10-12-38-31(23)39-20-27/h3-8,10,12,17-18,20H,9,11,13-16,19,21H2,1-2H3,(H,38,39)(H,42,43). The Morgan fingerprint density at radius 3 is 2.50 bits per heavy atom. The number of aromatic nitrogens is 2. The maximum absolute atomic E-state index is 13.2. The van der Waals surface area contributed by atoms with E-state index in [0.717, 1.165) is 79.8 Å². The number of carbonyl (C=O) groups is 1. The summed E-state index contributed by atoms with van der Waals surface area (Å²) in [6, 6.07) is 14.5. The highest BCUT2D eigenvalue weighted by atomic mass is 19.4. The molecule has 0 atom stereocenters. The molecule has 10 heteroatoms. The van der Waals surface area contributed by atoms with Gasteiger partial charge in [0.05, 0.1) is 11.8 Å². The van der Waals surface area contributed by atoms with E-state index in [4.69, 9.17) is 4.74 Å². The van der Waals surface area contributed by atoms with Gasteiger partial charge in [0.25, 0.3) is 0 Å². The molecule has 0 spiro atoms. The van der Waals surface area contributed by atoms with Gasteiger partial charge in [0, 0.05) is 56.1 Å². The largest absolute Gasteiger partial charge is 0.478 e. The van der Waals surface area contributed by atoms with Gasteiger partial charge in [-0.3, -0.25) is 4.90 Å². The van der Waals surface area contributed by atoms with E-state index in [1.807, 2.05) is 18.2 Å². The van der Waals surface area contributed by atoms with Crippen molar-refractivity contribution in [1.82, 2.24) is 14.9 Å². The Balaban J connectivity index is 1.16. The number of pyridine rings is 1. The van der Waals surface area contributed by atoms with E-state index in [1.54, 1.807) is 36.7 Å². The monoisotopic (exact) mass is 604 g/mol. The fourth-order valence-corrected chi connectivity index (χ4v) is 6.18. The Morgan fingerprint density at radius 1 is 1.05 bits per heavy atom. The zero-order valence-corrected chi connectivity index (χ0v) is 24.7. The Hall–Kier alpha value is -4.31. The average molecular weight is 605 g/mol.